The highest BCUT2D eigenvalue weighted by Crippen LogP contribution is 2.48. The molecule has 0 amide bonds. The Bertz CT molecular complexity index is 797. The molecule has 0 radical (unpaired) electrons. The van der Waals surface area contributed by atoms with Gasteiger partial charge < -0.3 is 14.7 Å². The molecule has 0 bridgehead atoms. The number of aryl methyl sites for hydroxylation is 1. The van der Waals surface area contributed by atoms with Gasteiger partial charge in [-0.1, -0.05) is 32.1 Å². The van der Waals surface area contributed by atoms with Gasteiger partial charge in [0.2, 0.25) is 0 Å². The SMILES string of the molecule is CC1(C)Oc2cc(CCCC3CCCC3)cc(O)c2C2=C1CCN(C#N)C2. The van der Waals surface area contributed by atoms with Crippen LogP contribution in [0.2, 0.25) is 0 Å². The van der Waals surface area contributed by atoms with Crippen molar-refractivity contribution in [3.05, 3.63) is 28.8 Å². The van der Waals surface area contributed by atoms with Crippen molar-refractivity contribution in [1.82, 2.24) is 4.90 Å². The van der Waals surface area contributed by atoms with E-state index in [2.05, 4.69) is 26.1 Å². The van der Waals surface area contributed by atoms with Gasteiger partial charge in [-0.25, -0.2) is 0 Å². The lowest BCUT2D eigenvalue weighted by molar-refractivity contribution is 0.134. The number of hydrogen-bond donors (Lipinski definition) is 1. The number of ether oxygens (including phenoxy) is 1. The van der Waals surface area contributed by atoms with E-state index in [4.69, 9.17) is 4.74 Å². The lowest BCUT2D eigenvalue weighted by Gasteiger charge is -2.41. The molecule has 0 spiro atoms. The van der Waals surface area contributed by atoms with Gasteiger partial charge in [0.15, 0.2) is 6.19 Å². The van der Waals surface area contributed by atoms with E-state index < -0.39 is 5.60 Å². The van der Waals surface area contributed by atoms with Crippen molar-refractivity contribution >= 4 is 5.57 Å². The molecule has 27 heavy (non-hydrogen) atoms. The minimum absolute atomic E-state index is 0.297. The number of nitrogens with zero attached hydrogens (tertiary/aromatic N) is 2. The van der Waals surface area contributed by atoms with E-state index in [0.717, 1.165) is 47.8 Å². The maximum atomic E-state index is 10.8. The molecule has 1 aromatic rings. The summed E-state index contributed by atoms with van der Waals surface area (Å²) in [6.07, 6.45) is 12.1. The first-order valence-corrected chi connectivity index (χ1v) is 10.4. The second-order valence-corrected chi connectivity index (χ2v) is 8.87. The lowest BCUT2D eigenvalue weighted by Crippen LogP contribution is -2.41. The van der Waals surface area contributed by atoms with E-state index in [-0.39, 0.29) is 0 Å². The molecule has 1 N–H and O–H groups in total. The Hall–Kier alpha value is -2.15. The van der Waals surface area contributed by atoms with E-state index in [0.29, 0.717) is 12.3 Å². The molecule has 0 aromatic heterocycles. The monoisotopic (exact) mass is 366 g/mol. The van der Waals surface area contributed by atoms with E-state index in [1.807, 2.05) is 6.07 Å². The number of hydrogen-bond acceptors (Lipinski definition) is 4. The highest BCUT2D eigenvalue weighted by atomic mass is 16.5. The second-order valence-electron chi connectivity index (χ2n) is 8.87. The van der Waals surface area contributed by atoms with Crippen LogP contribution in [0.25, 0.3) is 5.57 Å². The van der Waals surface area contributed by atoms with Gasteiger partial charge in [0.1, 0.15) is 17.1 Å². The molecule has 2 heterocycles. The summed E-state index contributed by atoms with van der Waals surface area (Å²) in [5, 5.41) is 20.1. The van der Waals surface area contributed by atoms with Crippen molar-refractivity contribution in [2.75, 3.05) is 13.1 Å². The van der Waals surface area contributed by atoms with Crippen molar-refractivity contribution in [2.45, 2.75) is 70.8 Å². The molecular weight excluding hydrogens is 336 g/mol. The molecule has 1 aliphatic carbocycles. The summed E-state index contributed by atoms with van der Waals surface area (Å²) >= 11 is 0. The van der Waals surface area contributed by atoms with Gasteiger partial charge in [-0.2, -0.15) is 5.26 Å². The molecule has 0 unspecified atom stereocenters. The first-order valence-electron chi connectivity index (χ1n) is 10.4. The van der Waals surface area contributed by atoms with Crippen LogP contribution < -0.4 is 4.74 Å². The molecule has 3 aliphatic rings. The Labute approximate surface area is 162 Å². The molecule has 2 aliphatic heterocycles. The van der Waals surface area contributed by atoms with Gasteiger partial charge in [-0.3, -0.25) is 0 Å². The summed E-state index contributed by atoms with van der Waals surface area (Å²) in [5.41, 5.74) is 3.84. The molecule has 1 aromatic carbocycles. The number of fused-ring (bicyclic) bond motifs is 2. The quantitative estimate of drug-likeness (QED) is 0.761. The third-order valence-electron chi connectivity index (χ3n) is 6.57. The molecular formula is C23H30N2O2. The first-order chi connectivity index (χ1) is 13.0. The first kappa shape index (κ1) is 18.2. The number of nitriles is 1. The van der Waals surface area contributed by atoms with Crippen LogP contribution in [0.1, 0.15) is 69.9 Å². The second kappa shape index (κ2) is 7.11. The number of rotatable bonds is 4. The summed E-state index contributed by atoms with van der Waals surface area (Å²) in [5.74, 6) is 1.97. The van der Waals surface area contributed by atoms with Crippen molar-refractivity contribution in [1.29, 1.82) is 5.26 Å². The summed E-state index contributed by atoms with van der Waals surface area (Å²) in [6, 6.07) is 4.02. The zero-order valence-electron chi connectivity index (χ0n) is 16.6. The summed E-state index contributed by atoms with van der Waals surface area (Å²) in [6.45, 7) is 5.46. The van der Waals surface area contributed by atoms with E-state index >= 15 is 0 Å². The van der Waals surface area contributed by atoms with Crippen molar-refractivity contribution < 1.29 is 9.84 Å². The minimum Gasteiger partial charge on any atom is -0.507 e. The van der Waals surface area contributed by atoms with Crippen molar-refractivity contribution in [3.63, 3.8) is 0 Å². The fourth-order valence-electron chi connectivity index (χ4n) is 5.16. The zero-order valence-corrected chi connectivity index (χ0v) is 16.6. The van der Waals surface area contributed by atoms with Crippen LogP contribution in [0.15, 0.2) is 17.7 Å². The Morgan fingerprint density at radius 2 is 2.07 bits per heavy atom. The topological polar surface area (TPSA) is 56.5 Å². The molecule has 4 rings (SSSR count). The van der Waals surface area contributed by atoms with Gasteiger partial charge in [0.05, 0.1) is 12.1 Å². The standard InChI is InChI=1S/C23H30N2O2/c1-23(2)19-10-11-25(15-24)14-18(19)22-20(26)12-17(13-21(22)27-23)9-5-8-16-6-3-4-7-16/h12-13,16,26H,3-11,14H2,1-2H3. The number of phenols is 1. The van der Waals surface area contributed by atoms with Crippen LogP contribution in [-0.2, 0) is 6.42 Å². The predicted molar refractivity (Wildman–Crippen MR) is 106 cm³/mol. The fourth-order valence-corrected chi connectivity index (χ4v) is 5.16. The Kier molecular flexibility index (Phi) is 4.80. The van der Waals surface area contributed by atoms with Crippen LogP contribution in [0, 0.1) is 17.4 Å². The van der Waals surface area contributed by atoms with E-state index in [1.54, 1.807) is 4.90 Å². The maximum absolute atomic E-state index is 10.8. The molecule has 144 valence electrons. The largest absolute Gasteiger partial charge is 0.507 e. The van der Waals surface area contributed by atoms with Gasteiger partial charge in [0.25, 0.3) is 0 Å². The lowest BCUT2D eigenvalue weighted by atomic mass is 9.81. The molecule has 0 saturated heterocycles. The average Bonchev–Trinajstić information content (AvgIpc) is 3.13. The number of aromatic hydroxyl groups is 1. The van der Waals surface area contributed by atoms with Crippen LogP contribution in [-0.4, -0.2) is 28.7 Å². The molecule has 0 atom stereocenters. The predicted octanol–water partition coefficient (Wildman–Crippen LogP) is 5.02. The minimum atomic E-state index is -0.390. The van der Waals surface area contributed by atoms with Gasteiger partial charge >= 0.3 is 0 Å². The molecule has 4 heteroatoms. The Balaban J connectivity index is 1.58. The third kappa shape index (κ3) is 3.52. The third-order valence-corrected chi connectivity index (χ3v) is 6.57. The molecule has 1 fully saturated rings. The van der Waals surface area contributed by atoms with Crippen molar-refractivity contribution in [2.24, 2.45) is 5.92 Å². The average molecular weight is 367 g/mol. The van der Waals surface area contributed by atoms with Crippen molar-refractivity contribution in [3.8, 4) is 17.7 Å². The summed E-state index contributed by atoms with van der Waals surface area (Å²) in [7, 11) is 0. The van der Waals surface area contributed by atoms with E-state index in [1.165, 1.54) is 44.1 Å². The Morgan fingerprint density at radius 3 is 2.81 bits per heavy atom. The van der Waals surface area contributed by atoms with Gasteiger partial charge in [0, 0.05) is 6.54 Å². The Morgan fingerprint density at radius 1 is 1.30 bits per heavy atom. The van der Waals surface area contributed by atoms with Crippen LogP contribution in [0.5, 0.6) is 11.5 Å². The highest BCUT2D eigenvalue weighted by molar-refractivity contribution is 5.82. The van der Waals surface area contributed by atoms with Crippen LogP contribution >= 0.6 is 0 Å². The van der Waals surface area contributed by atoms with Crippen LogP contribution in [0.3, 0.4) is 0 Å². The van der Waals surface area contributed by atoms with Gasteiger partial charge in [-0.15, -0.1) is 0 Å². The summed E-state index contributed by atoms with van der Waals surface area (Å²) < 4.78 is 6.34. The number of phenolic OH excluding ortho intramolecular Hbond substituents is 1. The fraction of sp³-hybridized carbons (Fsp3) is 0.609. The smallest absolute Gasteiger partial charge is 0.179 e. The van der Waals surface area contributed by atoms with Gasteiger partial charge in [-0.05, 0) is 67.9 Å². The summed E-state index contributed by atoms with van der Waals surface area (Å²) in [4.78, 5) is 1.76. The number of benzene rings is 1. The van der Waals surface area contributed by atoms with E-state index in [9.17, 15) is 10.4 Å². The molecule has 1 saturated carbocycles. The maximum Gasteiger partial charge on any atom is 0.179 e. The zero-order chi connectivity index (χ0) is 19.0. The highest BCUT2D eigenvalue weighted by Gasteiger charge is 2.38. The van der Waals surface area contributed by atoms with Crippen LogP contribution in [0.4, 0.5) is 0 Å². The molecule has 4 nitrogen and oxygen atoms in total. The normalized spacial score (nSPS) is 21.4.